The number of amides is 1. The first-order chi connectivity index (χ1) is 11.6. The molecule has 0 radical (unpaired) electrons. The first-order valence-electron chi connectivity index (χ1n) is 7.21. The Balaban J connectivity index is 1.65. The summed E-state index contributed by atoms with van der Waals surface area (Å²) in [4.78, 5) is 11.9. The van der Waals surface area contributed by atoms with Crippen LogP contribution in [0.25, 0.3) is 11.1 Å². The highest BCUT2D eigenvalue weighted by Crippen LogP contribution is 2.25. The Hall–Kier alpha value is -2.49. The number of ether oxygens (including phenoxy) is 1. The van der Waals surface area contributed by atoms with E-state index in [1.165, 1.54) is 0 Å². The number of anilines is 1. The van der Waals surface area contributed by atoms with Crippen molar-refractivity contribution in [2.75, 3.05) is 5.32 Å². The van der Waals surface area contributed by atoms with Gasteiger partial charge in [0.15, 0.2) is 0 Å². The van der Waals surface area contributed by atoms with Gasteiger partial charge in [-0.15, -0.1) is 0 Å². The Morgan fingerprint density at radius 3 is 2.12 bits per heavy atom. The van der Waals surface area contributed by atoms with Crippen molar-refractivity contribution in [3.05, 3.63) is 82.8 Å². The lowest BCUT2D eigenvalue weighted by Crippen LogP contribution is -2.16. The van der Waals surface area contributed by atoms with Gasteiger partial charge in [0, 0.05) is 5.69 Å². The molecular formula is C19H13Cl2NO2. The highest BCUT2D eigenvalue weighted by molar-refractivity contribution is 6.42. The molecule has 1 amide bonds. The third kappa shape index (κ3) is 4.07. The van der Waals surface area contributed by atoms with Gasteiger partial charge in [0.2, 0.25) is 0 Å². The van der Waals surface area contributed by atoms with E-state index in [-0.39, 0.29) is 0 Å². The van der Waals surface area contributed by atoms with Gasteiger partial charge in [-0.3, -0.25) is 5.32 Å². The molecule has 0 aliphatic heterocycles. The predicted molar refractivity (Wildman–Crippen MR) is 98.0 cm³/mol. The number of nitrogens with one attached hydrogen (secondary N) is 1. The van der Waals surface area contributed by atoms with Crippen LogP contribution in [0.15, 0.2) is 72.8 Å². The first-order valence-corrected chi connectivity index (χ1v) is 7.97. The molecule has 0 atom stereocenters. The smallest absolute Gasteiger partial charge is 0.410 e. The van der Waals surface area contributed by atoms with Crippen LogP contribution in [0.3, 0.4) is 0 Å². The van der Waals surface area contributed by atoms with Gasteiger partial charge in [0.05, 0.1) is 10.0 Å². The second-order valence-electron chi connectivity index (χ2n) is 5.03. The monoisotopic (exact) mass is 357 g/mol. The van der Waals surface area contributed by atoms with Crippen molar-refractivity contribution < 1.29 is 9.53 Å². The number of benzene rings is 3. The summed E-state index contributed by atoms with van der Waals surface area (Å²) in [5.74, 6) is 0.451. The molecule has 0 aliphatic carbocycles. The van der Waals surface area contributed by atoms with E-state index in [4.69, 9.17) is 27.9 Å². The van der Waals surface area contributed by atoms with Crippen molar-refractivity contribution in [3.8, 4) is 16.9 Å². The fourth-order valence-electron chi connectivity index (χ4n) is 2.17. The number of halogens is 2. The van der Waals surface area contributed by atoms with E-state index in [1.54, 1.807) is 30.3 Å². The molecule has 3 rings (SSSR count). The average Bonchev–Trinajstić information content (AvgIpc) is 2.59. The van der Waals surface area contributed by atoms with Crippen LogP contribution in [-0.4, -0.2) is 6.09 Å². The lowest BCUT2D eigenvalue weighted by Gasteiger charge is -2.08. The van der Waals surface area contributed by atoms with Crippen LogP contribution >= 0.6 is 23.2 Å². The molecule has 5 heteroatoms. The van der Waals surface area contributed by atoms with E-state index in [0.29, 0.717) is 21.5 Å². The predicted octanol–water partition coefficient (Wildman–Crippen LogP) is 6.27. The largest absolute Gasteiger partial charge is 0.417 e. The SMILES string of the molecule is O=C(Nc1ccc(Cl)c(Cl)c1)Oc1ccc(-c2ccccc2)cc1. The molecular weight excluding hydrogens is 345 g/mol. The third-order valence-electron chi connectivity index (χ3n) is 3.34. The van der Waals surface area contributed by atoms with Crippen molar-refractivity contribution in [2.45, 2.75) is 0 Å². The van der Waals surface area contributed by atoms with E-state index in [1.807, 2.05) is 42.5 Å². The zero-order chi connectivity index (χ0) is 16.9. The van der Waals surface area contributed by atoms with Gasteiger partial charge in [0.25, 0.3) is 0 Å². The summed E-state index contributed by atoms with van der Waals surface area (Å²) in [7, 11) is 0. The molecule has 0 fully saturated rings. The summed E-state index contributed by atoms with van der Waals surface area (Å²) in [5.41, 5.74) is 2.66. The standard InChI is InChI=1S/C19H13Cl2NO2/c20-17-11-8-15(12-18(17)21)22-19(23)24-16-9-6-14(7-10-16)13-4-2-1-3-5-13/h1-12H,(H,22,23). The van der Waals surface area contributed by atoms with Crippen LogP contribution in [0, 0.1) is 0 Å². The van der Waals surface area contributed by atoms with Crippen LogP contribution in [0.1, 0.15) is 0 Å². The van der Waals surface area contributed by atoms with Crippen molar-refractivity contribution in [2.24, 2.45) is 0 Å². The van der Waals surface area contributed by atoms with E-state index in [2.05, 4.69) is 5.32 Å². The molecule has 3 aromatic rings. The van der Waals surface area contributed by atoms with E-state index < -0.39 is 6.09 Å². The molecule has 0 saturated carbocycles. The van der Waals surface area contributed by atoms with Gasteiger partial charge < -0.3 is 4.74 Å². The average molecular weight is 358 g/mol. The fraction of sp³-hybridized carbons (Fsp3) is 0. The second kappa shape index (κ2) is 7.39. The Morgan fingerprint density at radius 2 is 1.46 bits per heavy atom. The van der Waals surface area contributed by atoms with E-state index in [9.17, 15) is 4.79 Å². The summed E-state index contributed by atoms with van der Waals surface area (Å²) in [6.45, 7) is 0. The van der Waals surface area contributed by atoms with Crippen LogP contribution in [0.2, 0.25) is 10.0 Å². The molecule has 0 unspecified atom stereocenters. The van der Waals surface area contributed by atoms with E-state index in [0.717, 1.165) is 11.1 Å². The Labute approximate surface area is 149 Å². The molecule has 0 saturated heterocycles. The molecule has 0 aromatic heterocycles. The quantitative estimate of drug-likeness (QED) is 0.599. The van der Waals surface area contributed by atoms with Gasteiger partial charge in [-0.1, -0.05) is 65.7 Å². The minimum atomic E-state index is -0.596. The van der Waals surface area contributed by atoms with Gasteiger partial charge in [0.1, 0.15) is 5.75 Å². The van der Waals surface area contributed by atoms with Crippen molar-refractivity contribution in [1.29, 1.82) is 0 Å². The maximum atomic E-state index is 11.9. The zero-order valence-corrected chi connectivity index (χ0v) is 14.0. The minimum Gasteiger partial charge on any atom is -0.410 e. The molecule has 0 spiro atoms. The summed E-state index contributed by atoms with van der Waals surface area (Å²) in [6, 6.07) is 22.1. The normalized spacial score (nSPS) is 10.2. The topological polar surface area (TPSA) is 38.3 Å². The molecule has 1 N–H and O–H groups in total. The lowest BCUT2D eigenvalue weighted by molar-refractivity contribution is 0.215. The van der Waals surface area contributed by atoms with Gasteiger partial charge in [-0.25, -0.2) is 4.79 Å². The van der Waals surface area contributed by atoms with Crippen LogP contribution in [0.4, 0.5) is 10.5 Å². The number of carbonyl (C=O) groups excluding carboxylic acids is 1. The van der Waals surface area contributed by atoms with Crippen molar-refractivity contribution in [1.82, 2.24) is 0 Å². The second-order valence-corrected chi connectivity index (χ2v) is 5.85. The van der Waals surface area contributed by atoms with Crippen molar-refractivity contribution >= 4 is 35.0 Å². The summed E-state index contributed by atoms with van der Waals surface area (Å²) >= 11 is 11.7. The Morgan fingerprint density at radius 1 is 0.792 bits per heavy atom. The number of hydrogen-bond donors (Lipinski definition) is 1. The number of hydrogen-bond acceptors (Lipinski definition) is 2. The minimum absolute atomic E-state index is 0.363. The maximum absolute atomic E-state index is 11.9. The highest BCUT2D eigenvalue weighted by Gasteiger charge is 2.07. The highest BCUT2D eigenvalue weighted by atomic mass is 35.5. The van der Waals surface area contributed by atoms with Crippen molar-refractivity contribution in [3.63, 3.8) is 0 Å². The first kappa shape index (κ1) is 16.4. The fourth-order valence-corrected chi connectivity index (χ4v) is 2.47. The van der Waals surface area contributed by atoms with Crippen LogP contribution in [0.5, 0.6) is 5.75 Å². The summed E-state index contributed by atoms with van der Waals surface area (Å²) in [6.07, 6.45) is -0.596. The van der Waals surface area contributed by atoms with Gasteiger partial charge in [-0.05, 0) is 41.5 Å². The zero-order valence-electron chi connectivity index (χ0n) is 12.5. The summed E-state index contributed by atoms with van der Waals surface area (Å²) < 4.78 is 5.25. The molecule has 0 bridgehead atoms. The molecule has 3 aromatic carbocycles. The van der Waals surface area contributed by atoms with E-state index >= 15 is 0 Å². The summed E-state index contributed by atoms with van der Waals surface area (Å²) in [5, 5.41) is 3.39. The molecule has 24 heavy (non-hydrogen) atoms. The van der Waals surface area contributed by atoms with Gasteiger partial charge in [-0.2, -0.15) is 0 Å². The van der Waals surface area contributed by atoms with Gasteiger partial charge >= 0.3 is 6.09 Å². The third-order valence-corrected chi connectivity index (χ3v) is 4.08. The molecule has 120 valence electrons. The Bertz CT molecular complexity index is 849. The maximum Gasteiger partial charge on any atom is 0.417 e. The Kier molecular flexibility index (Phi) is 5.04. The van der Waals surface area contributed by atoms with Crippen LogP contribution < -0.4 is 10.1 Å². The number of rotatable bonds is 3. The lowest BCUT2D eigenvalue weighted by atomic mass is 10.1. The molecule has 3 nitrogen and oxygen atoms in total. The number of carbonyl (C=O) groups is 1. The molecule has 0 aliphatic rings. The van der Waals surface area contributed by atoms with Crippen LogP contribution in [-0.2, 0) is 0 Å². The molecule has 0 heterocycles.